The molecule has 1 aliphatic rings. The molecule has 1 aliphatic heterocycles. The zero-order valence-electron chi connectivity index (χ0n) is 15.9. The Morgan fingerprint density at radius 2 is 2.12 bits per heavy atom. The van der Waals surface area contributed by atoms with Crippen LogP contribution in [0.25, 0.3) is 0 Å². The minimum atomic E-state index is 0.209. The van der Waals surface area contributed by atoms with Crippen LogP contribution in [-0.4, -0.2) is 47.2 Å². The Hall–Kier alpha value is -2.14. The van der Waals surface area contributed by atoms with E-state index in [2.05, 4.69) is 40.7 Å². The van der Waals surface area contributed by atoms with Gasteiger partial charge in [-0.15, -0.1) is 0 Å². The molecule has 2 aromatic rings. The molecule has 5 heteroatoms. The summed E-state index contributed by atoms with van der Waals surface area (Å²) < 4.78 is 7.35. The maximum atomic E-state index is 12.3. The predicted molar refractivity (Wildman–Crippen MR) is 102 cm³/mol. The molecule has 0 aliphatic carbocycles. The van der Waals surface area contributed by atoms with Gasteiger partial charge in [0.2, 0.25) is 5.91 Å². The van der Waals surface area contributed by atoms with Gasteiger partial charge in [-0.3, -0.25) is 4.79 Å². The van der Waals surface area contributed by atoms with Crippen molar-refractivity contribution in [1.29, 1.82) is 0 Å². The average molecular weight is 355 g/mol. The topological polar surface area (TPSA) is 47.4 Å². The summed E-state index contributed by atoms with van der Waals surface area (Å²) in [4.78, 5) is 19.0. The van der Waals surface area contributed by atoms with Crippen molar-refractivity contribution in [2.45, 2.75) is 39.2 Å². The lowest BCUT2D eigenvalue weighted by Gasteiger charge is -2.33. The number of likely N-dealkylation sites (tertiary alicyclic amines) is 1. The summed E-state index contributed by atoms with van der Waals surface area (Å²) in [5.74, 6) is 1.81. The third-order valence-corrected chi connectivity index (χ3v) is 5.18. The molecule has 1 saturated heterocycles. The van der Waals surface area contributed by atoms with Gasteiger partial charge in [0.25, 0.3) is 0 Å². The van der Waals surface area contributed by atoms with E-state index in [0.29, 0.717) is 18.9 Å². The molecule has 1 unspecified atom stereocenters. The quantitative estimate of drug-likeness (QED) is 0.767. The molecule has 0 N–H and O–H groups in total. The number of amides is 1. The van der Waals surface area contributed by atoms with E-state index in [1.54, 1.807) is 7.11 Å². The van der Waals surface area contributed by atoms with E-state index < -0.39 is 0 Å². The van der Waals surface area contributed by atoms with Crippen LogP contribution in [0.2, 0.25) is 0 Å². The molecule has 3 rings (SSSR count). The van der Waals surface area contributed by atoms with Crippen LogP contribution in [-0.2, 0) is 22.5 Å². The summed E-state index contributed by atoms with van der Waals surface area (Å²) in [5, 5.41) is 0. The fourth-order valence-corrected chi connectivity index (χ4v) is 3.72. The monoisotopic (exact) mass is 355 g/mol. The van der Waals surface area contributed by atoms with Gasteiger partial charge in [0.15, 0.2) is 0 Å². The first kappa shape index (κ1) is 18.6. The fraction of sp³-hybridized carbons (Fsp3) is 0.524. The molecule has 26 heavy (non-hydrogen) atoms. The number of carbonyl (C=O) groups is 1. The van der Waals surface area contributed by atoms with Gasteiger partial charge in [-0.05, 0) is 31.2 Å². The van der Waals surface area contributed by atoms with Crippen LogP contribution in [0.3, 0.4) is 0 Å². The van der Waals surface area contributed by atoms with Crippen molar-refractivity contribution in [3.05, 3.63) is 53.6 Å². The number of piperidine rings is 1. The normalized spacial score (nSPS) is 17.5. The number of hydrogen-bond acceptors (Lipinski definition) is 3. The maximum Gasteiger partial charge on any atom is 0.224 e. The van der Waals surface area contributed by atoms with E-state index >= 15 is 0 Å². The number of carbonyl (C=O) groups excluding carboxylic acids is 1. The molecular formula is C21H29N3O2. The summed E-state index contributed by atoms with van der Waals surface area (Å²) in [6.07, 6.45) is 5.59. The number of imidazole rings is 1. The van der Waals surface area contributed by atoms with Crippen LogP contribution < -0.4 is 0 Å². The smallest absolute Gasteiger partial charge is 0.224 e. The molecular weight excluding hydrogens is 326 g/mol. The zero-order valence-corrected chi connectivity index (χ0v) is 15.9. The molecule has 1 aromatic heterocycles. The van der Waals surface area contributed by atoms with Crippen molar-refractivity contribution in [3.8, 4) is 0 Å². The first-order chi connectivity index (χ1) is 12.7. The standard InChI is InChI=1S/C21H29N3O2/c1-17-14-22-20(24(17)16-18-7-4-3-5-8-18)13-19-9-6-11-23(15-19)21(25)10-12-26-2/h3-5,7-8,14,19H,6,9-13,15-16H2,1-2H3. The number of hydrogen-bond donors (Lipinski definition) is 0. The number of ether oxygens (including phenoxy) is 1. The summed E-state index contributed by atoms with van der Waals surface area (Å²) in [7, 11) is 1.64. The number of benzene rings is 1. The van der Waals surface area contributed by atoms with Crippen LogP contribution >= 0.6 is 0 Å². The second-order valence-corrected chi connectivity index (χ2v) is 7.18. The van der Waals surface area contributed by atoms with E-state index in [-0.39, 0.29) is 5.91 Å². The van der Waals surface area contributed by atoms with Gasteiger partial charge in [0, 0.05) is 45.1 Å². The highest BCUT2D eigenvalue weighted by Gasteiger charge is 2.25. The Labute approximate surface area is 156 Å². The fourth-order valence-electron chi connectivity index (χ4n) is 3.72. The zero-order chi connectivity index (χ0) is 18.4. The number of aryl methyl sites for hydroxylation is 1. The average Bonchev–Trinajstić information content (AvgIpc) is 3.00. The van der Waals surface area contributed by atoms with Gasteiger partial charge < -0.3 is 14.2 Å². The molecule has 1 amide bonds. The summed E-state index contributed by atoms with van der Waals surface area (Å²) >= 11 is 0. The molecule has 1 fully saturated rings. The van der Waals surface area contributed by atoms with Crippen LogP contribution in [0, 0.1) is 12.8 Å². The van der Waals surface area contributed by atoms with E-state index in [0.717, 1.165) is 44.7 Å². The van der Waals surface area contributed by atoms with Crippen LogP contribution in [0.5, 0.6) is 0 Å². The number of nitrogens with zero attached hydrogens (tertiary/aromatic N) is 3. The predicted octanol–water partition coefficient (Wildman–Crippen LogP) is 3.06. The highest BCUT2D eigenvalue weighted by atomic mass is 16.5. The first-order valence-corrected chi connectivity index (χ1v) is 9.49. The van der Waals surface area contributed by atoms with Gasteiger partial charge in [0.05, 0.1) is 13.0 Å². The Bertz CT molecular complexity index is 711. The highest BCUT2D eigenvalue weighted by molar-refractivity contribution is 5.76. The van der Waals surface area contributed by atoms with Gasteiger partial charge in [-0.1, -0.05) is 30.3 Å². The van der Waals surface area contributed by atoms with Crippen molar-refractivity contribution < 1.29 is 9.53 Å². The van der Waals surface area contributed by atoms with Crippen LogP contribution in [0.1, 0.15) is 36.3 Å². The minimum Gasteiger partial charge on any atom is -0.384 e. The third-order valence-electron chi connectivity index (χ3n) is 5.18. The molecule has 0 saturated carbocycles. The van der Waals surface area contributed by atoms with Crippen molar-refractivity contribution in [3.63, 3.8) is 0 Å². The highest BCUT2D eigenvalue weighted by Crippen LogP contribution is 2.22. The Morgan fingerprint density at radius 1 is 1.31 bits per heavy atom. The SMILES string of the molecule is COCCC(=O)N1CCCC(Cc2ncc(C)n2Cc2ccccc2)C1. The van der Waals surface area contributed by atoms with Gasteiger partial charge in [-0.25, -0.2) is 4.98 Å². The second kappa shape index (κ2) is 8.99. The van der Waals surface area contributed by atoms with Crippen molar-refractivity contribution >= 4 is 5.91 Å². The number of rotatable bonds is 7. The molecule has 0 bridgehead atoms. The minimum absolute atomic E-state index is 0.209. The molecule has 2 heterocycles. The Kier molecular flexibility index (Phi) is 6.45. The molecule has 0 spiro atoms. The summed E-state index contributed by atoms with van der Waals surface area (Å²) in [6, 6.07) is 10.5. The molecule has 140 valence electrons. The second-order valence-electron chi connectivity index (χ2n) is 7.18. The van der Waals surface area contributed by atoms with Crippen LogP contribution in [0.4, 0.5) is 0 Å². The lowest BCUT2D eigenvalue weighted by Crippen LogP contribution is -2.41. The first-order valence-electron chi connectivity index (χ1n) is 9.49. The molecule has 1 aromatic carbocycles. The molecule has 5 nitrogen and oxygen atoms in total. The largest absolute Gasteiger partial charge is 0.384 e. The van der Waals surface area contributed by atoms with Crippen LogP contribution in [0.15, 0.2) is 36.5 Å². The Morgan fingerprint density at radius 3 is 2.88 bits per heavy atom. The van der Waals surface area contributed by atoms with E-state index in [9.17, 15) is 4.79 Å². The van der Waals surface area contributed by atoms with E-state index in [1.807, 2.05) is 17.2 Å². The lowest BCUT2D eigenvalue weighted by atomic mass is 9.94. The lowest BCUT2D eigenvalue weighted by molar-refractivity contribution is -0.133. The summed E-state index contributed by atoms with van der Waals surface area (Å²) in [6.45, 7) is 5.17. The van der Waals surface area contributed by atoms with Crippen molar-refractivity contribution in [2.75, 3.05) is 26.8 Å². The number of methoxy groups -OCH3 is 1. The van der Waals surface area contributed by atoms with Crippen molar-refractivity contribution in [2.24, 2.45) is 5.92 Å². The van der Waals surface area contributed by atoms with Gasteiger partial charge >= 0.3 is 0 Å². The third kappa shape index (κ3) is 4.73. The Balaban J connectivity index is 1.64. The molecule has 0 radical (unpaired) electrons. The van der Waals surface area contributed by atoms with E-state index in [1.165, 1.54) is 11.3 Å². The van der Waals surface area contributed by atoms with Gasteiger partial charge in [0.1, 0.15) is 5.82 Å². The number of aromatic nitrogens is 2. The summed E-state index contributed by atoms with van der Waals surface area (Å²) in [5.41, 5.74) is 2.47. The van der Waals surface area contributed by atoms with Crippen molar-refractivity contribution in [1.82, 2.24) is 14.5 Å². The van der Waals surface area contributed by atoms with E-state index in [4.69, 9.17) is 4.74 Å². The maximum absolute atomic E-state index is 12.3. The molecule has 1 atom stereocenters. The van der Waals surface area contributed by atoms with Gasteiger partial charge in [-0.2, -0.15) is 0 Å².